The number of halogens is 4. The van der Waals surface area contributed by atoms with Crippen molar-refractivity contribution in [1.82, 2.24) is 0 Å². The number of nitrogens with one attached hydrogen (secondary N) is 1. The molecule has 0 saturated carbocycles. The van der Waals surface area contributed by atoms with Crippen LogP contribution in [0.3, 0.4) is 0 Å². The van der Waals surface area contributed by atoms with Crippen LogP contribution in [-0.4, -0.2) is 28.9 Å². The standard InChI is InChI=1S/C18H12ClF3N2O4/c19-10-4-5-13(12(7-10)18(20,21)22)23-14-8-15(25)24(16(14)26)11-3-1-2-9(6-11)17(27)28/h1-7,14,23H,8H2,(H,27,28). The third-order valence-electron chi connectivity index (χ3n) is 4.11. The Hall–Kier alpha value is -3.07. The van der Waals surface area contributed by atoms with Crippen LogP contribution < -0.4 is 10.2 Å². The van der Waals surface area contributed by atoms with Gasteiger partial charge >= 0.3 is 12.1 Å². The highest BCUT2D eigenvalue weighted by Gasteiger charge is 2.41. The molecular weight excluding hydrogens is 401 g/mol. The van der Waals surface area contributed by atoms with Crippen LogP contribution in [0, 0.1) is 0 Å². The Labute approximate surface area is 161 Å². The van der Waals surface area contributed by atoms with Crippen LogP contribution in [0.15, 0.2) is 42.5 Å². The summed E-state index contributed by atoms with van der Waals surface area (Å²) in [6, 6.07) is 6.96. The Morgan fingerprint density at radius 1 is 1.18 bits per heavy atom. The van der Waals surface area contributed by atoms with Gasteiger partial charge in [-0.15, -0.1) is 0 Å². The molecule has 10 heteroatoms. The first-order valence-corrected chi connectivity index (χ1v) is 8.29. The average Bonchev–Trinajstić information content (AvgIpc) is 2.89. The fraction of sp³-hybridized carbons (Fsp3) is 0.167. The van der Waals surface area contributed by atoms with Gasteiger partial charge in [-0.3, -0.25) is 9.59 Å². The number of benzene rings is 2. The van der Waals surface area contributed by atoms with E-state index in [-0.39, 0.29) is 28.4 Å². The zero-order valence-corrected chi connectivity index (χ0v) is 14.7. The van der Waals surface area contributed by atoms with Crippen molar-refractivity contribution in [1.29, 1.82) is 0 Å². The summed E-state index contributed by atoms with van der Waals surface area (Å²) < 4.78 is 39.7. The summed E-state index contributed by atoms with van der Waals surface area (Å²) in [6.45, 7) is 0. The maximum atomic E-state index is 13.2. The van der Waals surface area contributed by atoms with Gasteiger partial charge in [-0.25, -0.2) is 9.69 Å². The minimum Gasteiger partial charge on any atom is -0.478 e. The minimum atomic E-state index is -4.71. The maximum Gasteiger partial charge on any atom is 0.418 e. The molecule has 1 aliphatic rings. The average molecular weight is 413 g/mol. The third kappa shape index (κ3) is 3.79. The van der Waals surface area contributed by atoms with Crippen molar-refractivity contribution < 1.29 is 32.7 Å². The van der Waals surface area contributed by atoms with Crippen LogP contribution in [0.1, 0.15) is 22.3 Å². The second-order valence-electron chi connectivity index (χ2n) is 6.01. The predicted molar refractivity (Wildman–Crippen MR) is 94.4 cm³/mol. The van der Waals surface area contributed by atoms with E-state index < -0.39 is 35.6 Å². The summed E-state index contributed by atoms with van der Waals surface area (Å²) in [7, 11) is 0. The summed E-state index contributed by atoms with van der Waals surface area (Å²) in [5.74, 6) is -2.69. The largest absolute Gasteiger partial charge is 0.478 e. The molecule has 1 atom stereocenters. The molecule has 0 aliphatic carbocycles. The number of imide groups is 1. The van der Waals surface area contributed by atoms with E-state index >= 15 is 0 Å². The monoisotopic (exact) mass is 412 g/mol. The molecule has 1 aliphatic heterocycles. The molecule has 28 heavy (non-hydrogen) atoms. The first kappa shape index (κ1) is 19.7. The van der Waals surface area contributed by atoms with Crippen molar-refractivity contribution in [3.05, 3.63) is 58.6 Å². The highest BCUT2D eigenvalue weighted by atomic mass is 35.5. The number of carboxylic acids is 1. The van der Waals surface area contributed by atoms with Crippen LogP contribution in [-0.2, 0) is 15.8 Å². The summed E-state index contributed by atoms with van der Waals surface area (Å²) in [6.07, 6.45) is -5.09. The van der Waals surface area contributed by atoms with Crippen LogP contribution in [0.2, 0.25) is 5.02 Å². The number of anilines is 2. The van der Waals surface area contributed by atoms with E-state index in [2.05, 4.69) is 5.32 Å². The molecule has 0 radical (unpaired) electrons. The second-order valence-corrected chi connectivity index (χ2v) is 6.45. The second kappa shape index (κ2) is 7.16. The summed E-state index contributed by atoms with van der Waals surface area (Å²) in [5, 5.41) is 11.4. The third-order valence-corrected chi connectivity index (χ3v) is 4.35. The lowest BCUT2D eigenvalue weighted by molar-refractivity contribution is -0.137. The van der Waals surface area contributed by atoms with Crippen molar-refractivity contribution in [2.24, 2.45) is 0 Å². The molecule has 2 aromatic carbocycles. The van der Waals surface area contributed by atoms with Gasteiger partial charge in [0.1, 0.15) is 6.04 Å². The van der Waals surface area contributed by atoms with E-state index in [9.17, 15) is 27.6 Å². The van der Waals surface area contributed by atoms with Crippen LogP contribution in [0.4, 0.5) is 24.5 Å². The molecule has 2 N–H and O–H groups in total. The van der Waals surface area contributed by atoms with Crippen LogP contribution in [0.5, 0.6) is 0 Å². The number of hydrogen-bond donors (Lipinski definition) is 2. The zero-order valence-electron chi connectivity index (χ0n) is 14.0. The molecule has 1 heterocycles. The van der Waals surface area contributed by atoms with Gasteiger partial charge < -0.3 is 10.4 Å². The Kier molecular flexibility index (Phi) is 5.03. The molecule has 1 saturated heterocycles. The molecule has 1 fully saturated rings. The molecule has 0 bridgehead atoms. The first-order valence-electron chi connectivity index (χ1n) is 7.91. The lowest BCUT2D eigenvalue weighted by Gasteiger charge is -2.19. The van der Waals surface area contributed by atoms with Gasteiger partial charge in [0.15, 0.2) is 0 Å². The first-order chi connectivity index (χ1) is 13.1. The quantitative estimate of drug-likeness (QED) is 0.746. The van der Waals surface area contributed by atoms with E-state index in [1.54, 1.807) is 0 Å². The lowest BCUT2D eigenvalue weighted by Crippen LogP contribution is -2.35. The van der Waals surface area contributed by atoms with Crippen molar-refractivity contribution in [2.45, 2.75) is 18.6 Å². The normalized spacial score (nSPS) is 17.1. The van der Waals surface area contributed by atoms with E-state index in [0.717, 1.165) is 23.1 Å². The Morgan fingerprint density at radius 2 is 1.89 bits per heavy atom. The molecule has 0 aromatic heterocycles. The van der Waals surface area contributed by atoms with E-state index in [4.69, 9.17) is 16.7 Å². The number of carbonyl (C=O) groups is 3. The predicted octanol–water partition coefficient (Wildman–Crippen LogP) is 3.80. The van der Waals surface area contributed by atoms with Gasteiger partial charge in [-0.1, -0.05) is 17.7 Å². The number of carboxylic acid groups (broad SMARTS) is 1. The van der Waals surface area contributed by atoms with Gasteiger partial charge in [0.2, 0.25) is 5.91 Å². The number of rotatable bonds is 4. The molecule has 0 spiro atoms. The Balaban J connectivity index is 1.89. The fourth-order valence-corrected chi connectivity index (χ4v) is 3.03. The maximum absolute atomic E-state index is 13.2. The van der Waals surface area contributed by atoms with Crippen LogP contribution >= 0.6 is 11.6 Å². The number of alkyl halides is 3. The lowest BCUT2D eigenvalue weighted by atomic mass is 10.1. The highest BCUT2D eigenvalue weighted by molar-refractivity contribution is 6.30. The molecule has 1 unspecified atom stereocenters. The SMILES string of the molecule is O=C(O)c1cccc(N2C(=O)CC(Nc3ccc(Cl)cc3C(F)(F)F)C2=O)c1. The molecule has 6 nitrogen and oxygen atoms in total. The number of hydrogen-bond acceptors (Lipinski definition) is 4. The number of carbonyl (C=O) groups excluding carboxylic acids is 2. The molecular formula is C18H12ClF3N2O4. The van der Waals surface area contributed by atoms with Gasteiger partial charge in [0.05, 0.1) is 23.2 Å². The smallest absolute Gasteiger partial charge is 0.418 e. The van der Waals surface area contributed by atoms with Crippen molar-refractivity contribution in [2.75, 3.05) is 10.2 Å². The highest BCUT2D eigenvalue weighted by Crippen LogP contribution is 2.37. The number of aromatic carboxylic acids is 1. The summed E-state index contributed by atoms with van der Waals surface area (Å²) >= 11 is 5.63. The Bertz CT molecular complexity index is 978. The van der Waals surface area contributed by atoms with Gasteiger partial charge in [-0.2, -0.15) is 13.2 Å². The minimum absolute atomic E-state index is 0.0337. The van der Waals surface area contributed by atoms with E-state index in [1.165, 1.54) is 24.3 Å². The molecule has 2 amide bonds. The summed E-state index contributed by atoms with van der Waals surface area (Å²) in [4.78, 5) is 36.7. The molecule has 146 valence electrons. The van der Waals surface area contributed by atoms with Crippen molar-refractivity contribution in [3.8, 4) is 0 Å². The zero-order chi connectivity index (χ0) is 20.6. The Morgan fingerprint density at radius 3 is 2.54 bits per heavy atom. The molecule has 2 aromatic rings. The number of amides is 2. The van der Waals surface area contributed by atoms with Crippen molar-refractivity contribution >= 4 is 40.8 Å². The van der Waals surface area contributed by atoms with Gasteiger partial charge in [0, 0.05) is 10.7 Å². The van der Waals surface area contributed by atoms with E-state index in [0.29, 0.717) is 0 Å². The van der Waals surface area contributed by atoms with Crippen LogP contribution in [0.25, 0.3) is 0 Å². The van der Waals surface area contributed by atoms with Gasteiger partial charge in [-0.05, 0) is 36.4 Å². The molecule has 3 rings (SSSR count). The summed E-state index contributed by atoms with van der Waals surface area (Å²) in [5.41, 5.74) is -1.55. The van der Waals surface area contributed by atoms with Crippen molar-refractivity contribution in [3.63, 3.8) is 0 Å². The fourth-order valence-electron chi connectivity index (χ4n) is 2.86. The van der Waals surface area contributed by atoms with E-state index in [1.807, 2.05) is 0 Å². The van der Waals surface area contributed by atoms with Gasteiger partial charge in [0.25, 0.3) is 5.91 Å². The topological polar surface area (TPSA) is 86.7 Å². The number of nitrogens with zero attached hydrogens (tertiary/aromatic N) is 1.